The molecule has 0 aliphatic carbocycles. The fraction of sp³-hybridized carbons (Fsp3) is 0.700. The Morgan fingerprint density at radius 2 is 1.77 bits per heavy atom. The van der Waals surface area contributed by atoms with Gasteiger partial charge in [0.2, 0.25) is 0 Å². The molecule has 2 fully saturated rings. The zero-order valence-electron chi connectivity index (χ0n) is 15.4. The molecular formula is C20H29ClN2O3. The van der Waals surface area contributed by atoms with Gasteiger partial charge in [-0.25, -0.2) is 0 Å². The zero-order valence-corrected chi connectivity index (χ0v) is 16.2. The fourth-order valence-electron chi connectivity index (χ4n) is 4.08. The summed E-state index contributed by atoms with van der Waals surface area (Å²) >= 11 is 6.44. The predicted octanol–water partition coefficient (Wildman–Crippen LogP) is 3.19. The van der Waals surface area contributed by atoms with Crippen molar-refractivity contribution in [2.45, 2.75) is 38.3 Å². The summed E-state index contributed by atoms with van der Waals surface area (Å²) in [5, 5.41) is 0.661. The van der Waals surface area contributed by atoms with Crippen LogP contribution in [0.1, 0.15) is 31.2 Å². The van der Waals surface area contributed by atoms with Crippen molar-refractivity contribution in [3.8, 4) is 11.5 Å². The lowest BCUT2D eigenvalue weighted by atomic mass is 10.2. The highest BCUT2D eigenvalue weighted by atomic mass is 35.5. The Kier molecular flexibility index (Phi) is 6.20. The highest BCUT2D eigenvalue weighted by Gasteiger charge is 2.22. The van der Waals surface area contributed by atoms with E-state index in [1.54, 1.807) is 0 Å². The topological polar surface area (TPSA) is 34.2 Å². The Hall–Kier alpha value is -1.01. The van der Waals surface area contributed by atoms with Crippen LogP contribution in [-0.4, -0.2) is 68.4 Å². The van der Waals surface area contributed by atoms with Gasteiger partial charge in [0.05, 0.1) is 24.3 Å². The third-order valence-corrected chi connectivity index (χ3v) is 5.72. The van der Waals surface area contributed by atoms with Gasteiger partial charge in [-0.1, -0.05) is 11.6 Å². The maximum absolute atomic E-state index is 6.44. The Morgan fingerprint density at radius 1 is 0.923 bits per heavy atom. The molecule has 0 amide bonds. The lowest BCUT2D eigenvalue weighted by Crippen LogP contribution is -2.35. The zero-order chi connectivity index (χ0) is 17.8. The summed E-state index contributed by atoms with van der Waals surface area (Å²) in [4.78, 5) is 5.09. The average molecular weight is 381 g/mol. The van der Waals surface area contributed by atoms with E-state index in [0.717, 1.165) is 58.0 Å². The molecule has 3 heterocycles. The van der Waals surface area contributed by atoms with Gasteiger partial charge in [0.25, 0.3) is 0 Å². The summed E-state index contributed by atoms with van der Waals surface area (Å²) in [5.74, 6) is 1.49. The van der Waals surface area contributed by atoms with E-state index in [1.165, 1.54) is 24.8 Å². The monoisotopic (exact) mass is 380 g/mol. The summed E-state index contributed by atoms with van der Waals surface area (Å²) in [7, 11) is 0. The first-order valence-corrected chi connectivity index (χ1v) is 10.3. The summed E-state index contributed by atoms with van der Waals surface area (Å²) in [6, 6.07) is 4.13. The summed E-state index contributed by atoms with van der Waals surface area (Å²) in [6.45, 7) is 8.76. The molecular weight excluding hydrogens is 352 g/mol. The van der Waals surface area contributed by atoms with E-state index >= 15 is 0 Å². The second-order valence-corrected chi connectivity index (χ2v) is 7.93. The van der Waals surface area contributed by atoms with E-state index in [4.69, 9.17) is 25.8 Å². The number of hydrogen-bond acceptors (Lipinski definition) is 5. The highest BCUT2D eigenvalue weighted by Crippen LogP contribution is 2.38. The number of ether oxygens (including phenoxy) is 3. The maximum Gasteiger partial charge on any atom is 0.179 e. The van der Waals surface area contributed by atoms with Gasteiger partial charge in [-0.2, -0.15) is 0 Å². The molecule has 0 unspecified atom stereocenters. The Bertz CT molecular complexity index is 607. The molecule has 1 aromatic rings. The number of fused-ring (bicyclic) bond motifs is 1. The number of halogens is 1. The smallest absolute Gasteiger partial charge is 0.179 e. The van der Waals surface area contributed by atoms with Crippen LogP contribution >= 0.6 is 11.6 Å². The van der Waals surface area contributed by atoms with Crippen molar-refractivity contribution in [1.82, 2.24) is 9.80 Å². The minimum atomic E-state index is 0.446. The van der Waals surface area contributed by atoms with Crippen molar-refractivity contribution < 1.29 is 14.2 Å². The molecule has 0 saturated carbocycles. The molecule has 0 bridgehead atoms. The van der Waals surface area contributed by atoms with E-state index in [9.17, 15) is 0 Å². The quantitative estimate of drug-likeness (QED) is 0.801. The van der Waals surface area contributed by atoms with Crippen molar-refractivity contribution >= 4 is 11.6 Å². The van der Waals surface area contributed by atoms with E-state index in [2.05, 4.69) is 15.9 Å². The second kappa shape index (κ2) is 8.79. The lowest BCUT2D eigenvalue weighted by molar-refractivity contribution is 0.0742. The number of nitrogens with zero attached hydrogens (tertiary/aromatic N) is 2. The van der Waals surface area contributed by atoms with E-state index in [1.807, 2.05) is 6.07 Å². The van der Waals surface area contributed by atoms with Crippen LogP contribution in [-0.2, 0) is 11.3 Å². The van der Waals surface area contributed by atoms with Crippen molar-refractivity contribution in [3.05, 3.63) is 22.7 Å². The molecule has 5 nitrogen and oxygen atoms in total. The third kappa shape index (κ3) is 4.63. The fourth-order valence-corrected chi connectivity index (χ4v) is 4.36. The van der Waals surface area contributed by atoms with Gasteiger partial charge >= 0.3 is 0 Å². The molecule has 144 valence electrons. The molecule has 1 aromatic carbocycles. The van der Waals surface area contributed by atoms with Gasteiger partial charge in [-0.3, -0.25) is 9.80 Å². The molecule has 26 heavy (non-hydrogen) atoms. The number of benzene rings is 1. The number of rotatable bonds is 4. The van der Waals surface area contributed by atoms with Gasteiger partial charge in [-0.05, 0) is 50.0 Å². The first-order chi connectivity index (χ1) is 12.8. The van der Waals surface area contributed by atoms with Gasteiger partial charge < -0.3 is 14.2 Å². The predicted molar refractivity (Wildman–Crippen MR) is 102 cm³/mol. The van der Waals surface area contributed by atoms with Gasteiger partial charge in [0.1, 0.15) is 0 Å². The first-order valence-electron chi connectivity index (χ1n) is 9.92. The van der Waals surface area contributed by atoms with Crippen molar-refractivity contribution in [2.75, 3.05) is 52.5 Å². The van der Waals surface area contributed by atoms with Crippen LogP contribution in [0.5, 0.6) is 11.5 Å². The van der Waals surface area contributed by atoms with Crippen LogP contribution in [0.2, 0.25) is 5.02 Å². The van der Waals surface area contributed by atoms with E-state index < -0.39 is 0 Å². The normalized spacial score (nSPS) is 25.0. The van der Waals surface area contributed by atoms with Gasteiger partial charge in [-0.15, -0.1) is 0 Å². The van der Waals surface area contributed by atoms with Crippen LogP contribution < -0.4 is 9.47 Å². The summed E-state index contributed by atoms with van der Waals surface area (Å²) in [6.07, 6.45) is 4.98. The summed E-state index contributed by atoms with van der Waals surface area (Å²) in [5.41, 5.74) is 1.20. The minimum absolute atomic E-state index is 0.446. The standard InChI is InChI=1S/C20H29ClN2O3/c21-18-12-16(13-19-20(18)26-11-3-10-25-19)14-22-5-2-6-23(8-7-22)15-17-4-1-9-24-17/h12-13,17H,1-11,14-15H2/t17-/m1/s1. The summed E-state index contributed by atoms with van der Waals surface area (Å²) < 4.78 is 17.4. The SMILES string of the molecule is Clc1cc(CN2CCCN(C[C@H]3CCCO3)CC2)cc2c1OCCCO2. The molecule has 0 N–H and O–H groups in total. The average Bonchev–Trinajstić information content (AvgIpc) is 2.88. The lowest BCUT2D eigenvalue weighted by Gasteiger charge is -2.24. The largest absolute Gasteiger partial charge is 0.489 e. The molecule has 1 atom stereocenters. The molecule has 4 rings (SSSR count). The Morgan fingerprint density at radius 3 is 2.65 bits per heavy atom. The molecule has 0 spiro atoms. The van der Waals surface area contributed by atoms with Crippen LogP contribution in [0.15, 0.2) is 12.1 Å². The minimum Gasteiger partial charge on any atom is -0.489 e. The van der Waals surface area contributed by atoms with E-state index in [-0.39, 0.29) is 0 Å². The van der Waals surface area contributed by atoms with E-state index in [0.29, 0.717) is 30.1 Å². The molecule has 3 aliphatic rings. The van der Waals surface area contributed by atoms with Crippen molar-refractivity contribution in [3.63, 3.8) is 0 Å². The van der Waals surface area contributed by atoms with Gasteiger partial charge in [0.15, 0.2) is 11.5 Å². The molecule has 2 saturated heterocycles. The second-order valence-electron chi connectivity index (χ2n) is 7.52. The first kappa shape index (κ1) is 18.4. The maximum atomic E-state index is 6.44. The van der Waals surface area contributed by atoms with Crippen molar-refractivity contribution in [1.29, 1.82) is 0 Å². The van der Waals surface area contributed by atoms with Crippen molar-refractivity contribution in [2.24, 2.45) is 0 Å². The highest BCUT2D eigenvalue weighted by molar-refractivity contribution is 6.32. The van der Waals surface area contributed by atoms with Crippen LogP contribution in [0.3, 0.4) is 0 Å². The Labute approximate surface area is 161 Å². The Balaban J connectivity index is 1.35. The molecule has 6 heteroatoms. The number of hydrogen-bond donors (Lipinski definition) is 0. The van der Waals surface area contributed by atoms with Gasteiger partial charge in [0, 0.05) is 39.2 Å². The van der Waals surface area contributed by atoms with Crippen LogP contribution in [0.25, 0.3) is 0 Å². The van der Waals surface area contributed by atoms with Crippen LogP contribution in [0.4, 0.5) is 0 Å². The third-order valence-electron chi connectivity index (χ3n) is 5.44. The molecule has 0 aromatic heterocycles. The molecule has 3 aliphatic heterocycles. The molecule has 0 radical (unpaired) electrons. The van der Waals surface area contributed by atoms with Crippen LogP contribution in [0, 0.1) is 0 Å².